The molecule has 0 N–H and O–H groups in total. The zero-order chi connectivity index (χ0) is 23.5. The quantitative estimate of drug-likeness (QED) is 0.268. The van der Waals surface area contributed by atoms with Crippen LogP contribution in [0.15, 0.2) is 121 Å². The minimum Gasteiger partial charge on any atom is -0.0747 e. The first-order valence-corrected chi connectivity index (χ1v) is 13.2. The minimum absolute atomic E-state index is 0.0694. The van der Waals surface area contributed by atoms with Crippen molar-refractivity contribution in [3.05, 3.63) is 173 Å². The molecule has 0 bridgehead atoms. The van der Waals surface area contributed by atoms with Gasteiger partial charge in [-0.05, 0) is 33.8 Å². The first-order chi connectivity index (χ1) is 16.5. The van der Waals surface area contributed by atoms with Gasteiger partial charge in [0.1, 0.15) is 0 Å². The second-order valence-electron chi connectivity index (χ2n) is 9.64. The van der Waals surface area contributed by atoms with Crippen molar-refractivity contribution in [3.8, 4) is 0 Å². The maximum atomic E-state index is 2.44. The predicted octanol–water partition coefficient (Wildman–Crippen LogP) is 8.89. The van der Waals surface area contributed by atoms with Gasteiger partial charge in [0.15, 0.2) is 0 Å². The van der Waals surface area contributed by atoms with Crippen LogP contribution in [-0.2, 0) is 0 Å². The van der Waals surface area contributed by atoms with Crippen molar-refractivity contribution in [2.24, 2.45) is 0 Å². The van der Waals surface area contributed by atoms with Crippen molar-refractivity contribution in [3.63, 3.8) is 0 Å². The lowest BCUT2D eigenvalue weighted by molar-refractivity contribution is 0.773. The molecule has 0 amide bonds. The van der Waals surface area contributed by atoms with Gasteiger partial charge in [-0.25, -0.2) is 0 Å². The zero-order valence-corrected chi connectivity index (χ0v) is 21.0. The van der Waals surface area contributed by atoms with Gasteiger partial charge in [-0.1, -0.05) is 150 Å². The third-order valence-electron chi connectivity index (χ3n) is 6.18. The largest absolute Gasteiger partial charge is 0.0747 e. The standard InChI is InChI=1S/C33H30P/c1-33(2,3)34-31(27-20-12-6-13-21-27)29(25-16-8-4-9-17-25)24-30(26-18-10-5-11-19-26)32(34)28-22-14-7-15-23-28/h4-24H,1-3H3. The second-order valence-corrected chi connectivity index (χ2v) is 12.5. The summed E-state index contributed by atoms with van der Waals surface area (Å²) in [5.74, 6) is 2.68. The van der Waals surface area contributed by atoms with Gasteiger partial charge in [0, 0.05) is 23.2 Å². The van der Waals surface area contributed by atoms with E-state index >= 15 is 0 Å². The number of hydrogen-bond acceptors (Lipinski definition) is 0. The Morgan fingerprint density at radius 2 is 0.706 bits per heavy atom. The molecule has 5 radical (unpaired) electrons. The summed E-state index contributed by atoms with van der Waals surface area (Å²) in [5, 5.41) is 0.0694. The Balaban J connectivity index is 1.75. The van der Waals surface area contributed by atoms with Gasteiger partial charge in [0.05, 0.1) is 0 Å². The summed E-state index contributed by atoms with van der Waals surface area (Å²) < 4.78 is 0. The predicted molar refractivity (Wildman–Crippen MR) is 146 cm³/mol. The average molecular weight is 458 g/mol. The topological polar surface area (TPSA) is 0 Å². The second kappa shape index (κ2) is 9.89. The third kappa shape index (κ3) is 4.62. The van der Waals surface area contributed by atoms with Crippen molar-refractivity contribution in [2.45, 2.75) is 25.9 Å². The van der Waals surface area contributed by atoms with Gasteiger partial charge in [-0.3, -0.25) is 0 Å². The molecule has 0 unspecified atom stereocenters. The minimum atomic E-state index is -0.690. The van der Waals surface area contributed by atoms with E-state index in [1.807, 2.05) is 0 Å². The molecule has 34 heavy (non-hydrogen) atoms. The van der Waals surface area contributed by atoms with Crippen molar-refractivity contribution in [2.75, 3.05) is 0 Å². The molecule has 4 aromatic carbocycles. The molecule has 5 rings (SSSR count). The summed E-state index contributed by atoms with van der Waals surface area (Å²) >= 11 is 0. The highest BCUT2D eigenvalue weighted by Gasteiger charge is 2.52. The number of benzene rings is 4. The fraction of sp³-hybridized carbons (Fsp3) is 0.121. The third-order valence-corrected chi connectivity index (χ3v) is 9.42. The highest BCUT2D eigenvalue weighted by molar-refractivity contribution is 7.67. The molecule has 0 aliphatic carbocycles. The van der Waals surface area contributed by atoms with E-state index in [4.69, 9.17) is 0 Å². The van der Waals surface area contributed by atoms with E-state index in [-0.39, 0.29) is 5.16 Å². The highest BCUT2D eigenvalue weighted by Crippen LogP contribution is 2.77. The molecule has 1 fully saturated rings. The molecule has 1 heterocycles. The molecule has 1 heteroatoms. The molecule has 1 saturated heterocycles. The summed E-state index contributed by atoms with van der Waals surface area (Å²) in [6.07, 6.45) is 2.44. The van der Waals surface area contributed by atoms with E-state index < -0.39 is 7.92 Å². The summed E-state index contributed by atoms with van der Waals surface area (Å²) in [5.41, 5.74) is 8.12. The van der Waals surface area contributed by atoms with E-state index in [2.05, 4.69) is 149 Å². The van der Waals surface area contributed by atoms with Gasteiger partial charge in [-0.2, -0.15) is 0 Å². The maximum Gasteiger partial charge on any atom is 0.0421 e. The van der Waals surface area contributed by atoms with Crippen LogP contribution in [0.5, 0.6) is 0 Å². The lowest BCUT2D eigenvalue weighted by atomic mass is 9.78. The SMILES string of the molecule is CC(C)(C)P1[C](c2ccccc2)[C](c2ccccc2)[CH][C](c2ccccc2)[C]1c1ccccc1. The Bertz CT molecular complexity index is 1070. The Hall–Kier alpha value is -2.69. The number of hydrogen-bond donors (Lipinski definition) is 0. The van der Waals surface area contributed by atoms with Crippen LogP contribution in [0.2, 0.25) is 0 Å². The normalized spacial score (nSPS) is 17.1. The molecule has 1 aliphatic heterocycles. The molecule has 0 spiro atoms. The number of rotatable bonds is 4. The van der Waals surface area contributed by atoms with Gasteiger partial charge in [0.2, 0.25) is 0 Å². The fourth-order valence-electron chi connectivity index (χ4n) is 4.74. The van der Waals surface area contributed by atoms with Crippen LogP contribution in [0.4, 0.5) is 0 Å². The van der Waals surface area contributed by atoms with Crippen LogP contribution < -0.4 is 0 Å². The molecule has 167 valence electrons. The summed E-state index contributed by atoms with van der Waals surface area (Å²) in [6, 6.07) is 43.8. The van der Waals surface area contributed by atoms with Crippen LogP contribution in [0.3, 0.4) is 0 Å². The van der Waals surface area contributed by atoms with E-state index in [0.29, 0.717) is 0 Å². The lowest BCUT2D eigenvalue weighted by Gasteiger charge is -2.52. The Kier molecular flexibility index (Phi) is 6.71. The average Bonchev–Trinajstić information content (AvgIpc) is 2.89. The summed E-state index contributed by atoms with van der Waals surface area (Å²) in [6.45, 7) is 7.21. The van der Waals surface area contributed by atoms with Crippen molar-refractivity contribution in [1.29, 1.82) is 0 Å². The lowest BCUT2D eigenvalue weighted by Crippen LogP contribution is -2.34. The van der Waals surface area contributed by atoms with Crippen LogP contribution >= 0.6 is 7.92 Å². The van der Waals surface area contributed by atoms with Crippen LogP contribution in [-0.4, -0.2) is 5.16 Å². The monoisotopic (exact) mass is 457 g/mol. The molecule has 0 nitrogen and oxygen atoms in total. The van der Waals surface area contributed by atoms with E-state index in [1.54, 1.807) is 0 Å². The smallest absolute Gasteiger partial charge is 0.0421 e. The molecule has 1 aliphatic rings. The Labute approximate surface area is 206 Å². The van der Waals surface area contributed by atoms with Crippen LogP contribution in [0, 0.1) is 29.6 Å². The van der Waals surface area contributed by atoms with Gasteiger partial charge in [0.25, 0.3) is 0 Å². The molecular formula is C33H30P. The van der Waals surface area contributed by atoms with Crippen molar-refractivity contribution >= 4 is 7.92 Å². The van der Waals surface area contributed by atoms with Crippen LogP contribution in [0.1, 0.15) is 43.0 Å². The molecule has 4 aromatic rings. The van der Waals surface area contributed by atoms with E-state index in [1.165, 1.54) is 45.4 Å². The summed E-state index contributed by atoms with van der Waals surface area (Å²) in [7, 11) is -0.690. The maximum absolute atomic E-state index is 2.44. The molecule has 0 aromatic heterocycles. The fourth-order valence-corrected chi connectivity index (χ4v) is 7.99. The first kappa shape index (κ1) is 23.1. The van der Waals surface area contributed by atoms with Crippen LogP contribution in [0.25, 0.3) is 0 Å². The Morgan fingerprint density at radius 3 is 1.00 bits per heavy atom. The molecular weight excluding hydrogens is 427 g/mol. The Morgan fingerprint density at radius 1 is 0.412 bits per heavy atom. The molecule has 0 atom stereocenters. The van der Waals surface area contributed by atoms with Gasteiger partial charge < -0.3 is 0 Å². The zero-order valence-electron chi connectivity index (χ0n) is 20.1. The van der Waals surface area contributed by atoms with Gasteiger partial charge >= 0.3 is 0 Å². The first-order valence-electron chi connectivity index (χ1n) is 11.9. The van der Waals surface area contributed by atoms with E-state index in [9.17, 15) is 0 Å². The van der Waals surface area contributed by atoms with E-state index in [0.717, 1.165) is 0 Å². The van der Waals surface area contributed by atoms with Crippen molar-refractivity contribution in [1.82, 2.24) is 0 Å². The summed E-state index contributed by atoms with van der Waals surface area (Å²) in [4.78, 5) is 0. The van der Waals surface area contributed by atoms with Gasteiger partial charge in [-0.15, -0.1) is 0 Å². The molecule has 0 saturated carbocycles. The van der Waals surface area contributed by atoms with Crippen molar-refractivity contribution < 1.29 is 0 Å². The highest BCUT2D eigenvalue weighted by atomic mass is 31.1.